The minimum absolute atomic E-state index is 0.0329. The lowest BCUT2D eigenvalue weighted by molar-refractivity contribution is -0.143. The number of amides is 2. The summed E-state index contributed by atoms with van der Waals surface area (Å²) in [5.41, 5.74) is 0.266. The smallest absolute Gasteiger partial charge is 0.230 e. The molecule has 3 aliphatic heterocycles. The van der Waals surface area contributed by atoms with Crippen molar-refractivity contribution in [2.45, 2.75) is 24.8 Å². The first-order valence-corrected chi connectivity index (χ1v) is 10.0. The zero-order valence-corrected chi connectivity index (χ0v) is 16.9. The Bertz CT molecular complexity index is 1000. The van der Waals surface area contributed by atoms with Crippen LogP contribution in [0.5, 0.6) is 5.75 Å². The van der Waals surface area contributed by atoms with Crippen molar-refractivity contribution in [1.82, 2.24) is 19.8 Å². The minimum Gasteiger partial charge on any atom is -0.497 e. The molecule has 1 aromatic heterocycles. The highest BCUT2D eigenvalue weighted by atomic mass is 16.5. The lowest BCUT2D eigenvalue weighted by atomic mass is 9.76. The van der Waals surface area contributed by atoms with Crippen LogP contribution in [0.15, 0.2) is 48.8 Å². The fraction of sp³-hybridized carbons (Fsp3) is 0.409. The quantitative estimate of drug-likeness (QED) is 0.730. The maximum atomic E-state index is 13.4. The molecule has 1 N–H and O–H groups in total. The van der Waals surface area contributed by atoms with Gasteiger partial charge in [0.15, 0.2) is 0 Å². The van der Waals surface area contributed by atoms with Gasteiger partial charge in [-0.3, -0.25) is 9.59 Å². The van der Waals surface area contributed by atoms with Crippen molar-refractivity contribution in [2.24, 2.45) is 11.8 Å². The molecule has 0 radical (unpaired) electrons. The van der Waals surface area contributed by atoms with E-state index in [0.29, 0.717) is 25.5 Å². The molecule has 2 amide bonds. The molecule has 2 fully saturated rings. The van der Waals surface area contributed by atoms with Crippen molar-refractivity contribution in [3.05, 3.63) is 60.2 Å². The molecule has 2 unspecified atom stereocenters. The van der Waals surface area contributed by atoms with E-state index in [0.717, 1.165) is 11.3 Å². The molecule has 4 atom stereocenters. The first-order chi connectivity index (χ1) is 14.5. The van der Waals surface area contributed by atoms with E-state index < -0.39 is 17.4 Å². The third-order valence-electron chi connectivity index (χ3n) is 6.29. The summed E-state index contributed by atoms with van der Waals surface area (Å²) in [6.07, 6.45) is 6.93. The molecule has 0 saturated carbocycles. The SMILES string of the molecule is COc1cccc(CN2C[C@]34C=C[C@H](O3)C(C(=O)N(C)Cc3ncc[nH]3)C4C2=O)c1. The van der Waals surface area contributed by atoms with Crippen LogP contribution in [0.1, 0.15) is 11.4 Å². The Hall–Kier alpha value is -3.13. The second-order valence-electron chi connectivity index (χ2n) is 8.18. The molecule has 2 bridgehead atoms. The molecule has 5 rings (SSSR count). The molecule has 8 heteroatoms. The van der Waals surface area contributed by atoms with Gasteiger partial charge in [-0.25, -0.2) is 4.98 Å². The molecule has 30 heavy (non-hydrogen) atoms. The van der Waals surface area contributed by atoms with Crippen molar-refractivity contribution in [3.8, 4) is 5.75 Å². The predicted molar refractivity (Wildman–Crippen MR) is 107 cm³/mol. The van der Waals surface area contributed by atoms with Crippen LogP contribution >= 0.6 is 0 Å². The standard InChI is InChI=1S/C22H24N4O4/c1-25(12-17-23-8-9-24-17)20(27)18-16-6-7-22(30-16)13-26(21(28)19(18)22)11-14-4-3-5-15(10-14)29-2/h3-10,16,18-19H,11-13H2,1-2H3,(H,23,24)/t16-,18?,19?,22-/m0/s1. The molecule has 156 valence electrons. The van der Waals surface area contributed by atoms with Gasteiger partial charge >= 0.3 is 0 Å². The van der Waals surface area contributed by atoms with Gasteiger partial charge in [0.05, 0.1) is 38.1 Å². The number of carbonyl (C=O) groups is 2. The zero-order chi connectivity index (χ0) is 20.9. The zero-order valence-electron chi connectivity index (χ0n) is 16.9. The van der Waals surface area contributed by atoms with Crippen molar-refractivity contribution >= 4 is 11.8 Å². The van der Waals surface area contributed by atoms with E-state index in [1.54, 1.807) is 36.4 Å². The summed E-state index contributed by atoms with van der Waals surface area (Å²) in [5, 5.41) is 0. The molecule has 1 spiro atoms. The average Bonchev–Trinajstić information content (AvgIpc) is 3.51. The molecule has 2 saturated heterocycles. The summed E-state index contributed by atoms with van der Waals surface area (Å²) in [6, 6.07) is 7.67. The van der Waals surface area contributed by atoms with Gasteiger partial charge in [0.25, 0.3) is 0 Å². The first kappa shape index (κ1) is 18.9. The van der Waals surface area contributed by atoms with Crippen LogP contribution in [-0.2, 0) is 27.4 Å². The third-order valence-corrected chi connectivity index (χ3v) is 6.29. The summed E-state index contributed by atoms with van der Waals surface area (Å²) < 4.78 is 11.5. The average molecular weight is 408 g/mol. The largest absolute Gasteiger partial charge is 0.497 e. The maximum Gasteiger partial charge on any atom is 0.230 e. The molecule has 8 nitrogen and oxygen atoms in total. The topological polar surface area (TPSA) is 87.8 Å². The molecule has 1 aromatic carbocycles. The summed E-state index contributed by atoms with van der Waals surface area (Å²) in [5.74, 6) is 0.320. The molecule has 0 aliphatic carbocycles. The van der Waals surface area contributed by atoms with Crippen LogP contribution < -0.4 is 4.74 Å². The number of carbonyl (C=O) groups excluding carboxylic acids is 2. The summed E-state index contributed by atoms with van der Waals surface area (Å²) in [7, 11) is 3.36. The van der Waals surface area contributed by atoms with E-state index in [1.807, 2.05) is 36.4 Å². The van der Waals surface area contributed by atoms with Gasteiger partial charge in [-0.15, -0.1) is 0 Å². The molecule has 3 aliphatic rings. The predicted octanol–water partition coefficient (Wildman–Crippen LogP) is 1.36. The first-order valence-electron chi connectivity index (χ1n) is 10.0. The second-order valence-corrected chi connectivity index (χ2v) is 8.18. The van der Waals surface area contributed by atoms with E-state index in [9.17, 15) is 9.59 Å². The third kappa shape index (κ3) is 2.90. The summed E-state index contributed by atoms with van der Waals surface area (Å²) >= 11 is 0. The van der Waals surface area contributed by atoms with Gasteiger partial charge in [-0.2, -0.15) is 0 Å². The molecule has 4 heterocycles. The van der Waals surface area contributed by atoms with Gasteiger partial charge in [0.2, 0.25) is 11.8 Å². The Morgan fingerprint density at radius 3 is 3.10 bits per heavy atom. The number of likely N-dealkylation sites (tertiary alicyclic amines) is 1. The van der Waals surface area contributed by atoms with Crippen molar-refractivity contribution < 1.29 is 19.1 Å². The number of imidazole rings is 1. The number of hydrogen-bond donors (Lipinski definition) is 1. The van der Waals surface area contributed by atoms with E-state index in [4.69, 9.17) is 9.47 Å². The van der Waals surface area contributed by atoms with Gasteiger partial charge in [0.1, 0.15) is 17.2 Å². The highest BCUT2D eigenvalue weighted by molar-refractivity contribution is 5.93. The fourth-order valence-corrected chi connectivity index (χ4v) is 4.93. The van der Waals surface area contributed by atoms with Crippen LogP contribution in [0.3, 0.4) is 0 Å². The van der Waals surface area contributed by atoms with Gasteiger partial charge in [-0.05, 0) is 17.7 Å². The molecular formula is C22H24N4O4. The van der Waals surface area contributed by atoms with Gasteiger partial charge in [0, 0.05) is 26.0 Å². The number of rotatable bonds is 6. The van der Waals surface area contributed by atoms with E-state index in [-0.39, 0.29) is 17.9 Å². The lowest BCUT2D eigenvalue weighted by Crippen LogP contribution is -2.44. The number of ether oxygens (including phenoxy) is 2. The Morgan fingerprint density at radius 2 is 2.33 bits per heavy atom. The maximum absolute atomic E-state index is 13.4. The van der Waals surface area contributed by atoms with Crippen LogP contribution in [0, 0.1) is 11.8 Å². The monoisotopic (exact) mass is 408 g/mol. The number of nitrogens with one attached hydrogen (secondary N) is 1. The minimum atomic E-state index is -0.716. The Labute approximate surface area is 174 Å². The van der Waals surface area contributed by atoms with Crippen molar-refractivity contribution in [2.75, 3.05) is 20.7 Å². The van der Waals surface area contributed by atoms with E-state index in [2.05, 4.69) is 9.97 Å². The lowest BCUT2D eigenvalue weighted by Gasteiger charge is -2.27. The van der Waals surface area contributed by atoms with Gasteiger partial charge < -0.3 is 24.3 Å². The number of nitrogens with zero attached hydrogens (tertiary/aromatic N) is 3. The van der Waals surface area contributed by atoms with Crippen LogP contribution in [0.25, 0.3) is 0 Å². The van der Waals surface area contributed by atoms with E-state index >= 15 is 0 Å². The number of methoxy groups -OCH3 is 1. The number of fused-ring (bicyclic) bond motifs is 1. The summed E-state index contributed by atoms with van der Waals surface area (Å²) in [4.78, 5) is 37.3. The van der Waals surface area contributed by atoms with Crippen LogP contribution in [0.2, 0.25) is 0 Å². The Kier molecular flexibility index (Phi) is 4.39. The molecule has 2 aromatic rings. The number of hydrogen-bond acceptors (Lipinski definition) is 5. The second kappa shape index (κ2) is 6.98. The number of aromatic nitrogens is 2. The van der Waals surface area contributed by atoms with Crippen LogP contribution in [0.4, 0.5) is 0 Å². The number of aromatic amines is 1. The highest BCUT2D eigenvalue weighted by Crippen LogP contribution is 2.52. The number of H-pyrrole nitrogens is 1. The molecular weight excluding hydrogens is 384 g/mol. The van der Waals surface area contributed by atoms with Gasteiger partial charge in [-0.1, -0.05) is 24.3 Å². The van der Waals surface area contributed by atoms with Crippen molar-refractivity contribution in [3.63, 3.8) is 0 Å². The Balaban J connectivity index is 1.36. The van der Waals surface area contributed by atoms with E-state index in [1.165, 1.54) is 0 Å². The normalized spacial score (nSPS) is 28.8. The summed E-state index contributed by atoms with van der Waals surface area (Å²) in [6.45, 7) is 1.27. The van der Waals surface area contributed by atoms with Crippen molar-refractivity contribution in [1.29, 1.82) is 0 Å². The fourth-order valence-electron chi connectivity index (χ4n) is 4.93. The number of benzene rings is 1. The Morgan fingerprint density at radius 1 is 1.47 bits per heavy atom. The van der Waals surface area contributed by atoms with Crippen LogP contribution in [-0.4, -0.2) is 64.0 Å². The highest BCUT2D eigenvalue weighted by Gasteiger charge is 2.67.